The van der Waals surface area contributed by atoms with Crippen LogP contribution in [-0.4, -0.2) is 33.9 Å². The van der Waals surface area contributed by atoms with Crippen molar-refractivity contribution in [2.75, 3.05) is 12.4 Å². The average Bonchev–Trinajstić information content (AvgIpc) is 2.79. The number of nitrogens with one attached hydrogen (secondary N) is 2. The Bertz CT molecular complexity index is 725. The number of fused-ring (bicyclic) bond motifs is 1. The maximum absolute atomic E-state index is 12.5. The van der Waals surface area contributed by atoms with Gasteiger partial charge >= 0.3 is 0 Å². The molecule has 0 aliphatic carbocycles. The van der Waals surface area contributed by atoms with Crippen LogP contribution in [0.2, 0.25) is 0 Å². The number of amidine groups is 1. The standard InChI is InChI=1S/C16H14N4OS/c1-19(16(22)18-11-7-3-2-4-8-11)20-14(17)12-9-5-6-10-13(12)15(20)21/h2-10,17H,1H3,(H,18,22). The second kappa shape index (κ2) is 5.57. The number of hydrogen-bond acceptors (Lipinski definition) is 3. The highest BCUT2D eigenvalue weighted by Crippen LogP contribution is 2.23. The molecule has 22 heavy (non-hydrogen) atoms. The van der Waals surface area contributed by atoms with E-state index in [-0.39, 0.29) is 11.7 Å². The van der Waals surface area contributed by atoms with Crippen LogP contribution in [0.25, 0.3) is 0 Å². The molecule has 2 aromatic rings. The van der Waals surface area contributed by atoms with E-state index >= 15 is 0 Å². The molecule has 0 saturated carbocycles. The lowest BCUT2D eigenvalue weighted by Gasteiger charge is -2.29. The molecule has 110 valence electrons. The Morgan fingerprint density at radius 1 is 1.09 bits per heavy atom. The molecule has 1 amide bonds. The predicted molar refractivity (Wildman–Crippen MR) is 89.9 cm³/mol. The largest absolute Gasteiger partial charge is 0.331 e. The summed E-state index contributed by atoms with van der Waals surface area (Å²) in [4.78, 5) is 12.5. The van der Waals surface area contributed by atoms with Gasteiger partial charge in [0.05, 0.1) is 5.56 Å². The maximum atomic E-state index is 12.5. The van der Waals surface area contributed by atoms with Crippen LogP contribution in [0.1, 0.15) is 15.9 Å². The molecule has 0 atom stereocenters. The molecule has 0 fully saturated rings. The van der Waals surface area contributed by atoms with E-state index in [1.165, 1.54) is 10.0 Å². The lowest BCUT2D eigenvalue weighted by Crippen LogP contribution is -2.48. The van der Waals surface area contributed by atoms with Gasteiger partial charge in [-0.1, -0.05) is 36.4 Å². The van der Waals surface area contributed by atoms with E-state index in [1.807, 2.05) is 36.4 Å². The quantitative estimate of drug-likeness (QED) is 0.837. The Hall–Kier alpha value is -2.73. The molecule has 0 bridgehead atoms. The summed E-state index contributed by atoms with van der Waals surface area (Å²) in [5.41, 5.74) is 1.96. The van der Waals surface area contributed by atoms with Crippen molar-refractivity contribution in [3.05, 3.63) is 65.7 Å². The second-order valence-electron chi connectivity index (χ2n) is 4.83. The molecule has 0 unspecified atom stereocenters. The third kappa shape index (κ3) is 2.33. The van der Waals surface area contributed by atoms with Gasteiger partial charge < -0.3 is 5.32 Å². The van der Waals surface area contributed by atoms with Crippen LogP contribution in [0.4, 0.5) is 5.69 Å². The Kier molecular flexibility index (Phi) is 3.60. The van der Waals surface area contributed by atoms with Crippen LogP contribution < -0.4 is 5.32 Å². The number of nitrogens with zero attached hydrogens (tertiary/aromatic N) is 2. The SMILES string of the molecule is CN(C(=S)Nc1ccccc1)N1C(=N)c2ccccc2C1=O. The molecule has 2 aromatic carbocycles. The van der Waals surface area contributed by atoms with Crippen molar-refractivity contribution in [2.24, 2.45) is 0 Å². The first-order valence-corrected chi connectivity index (χ1v) is 7.12. The predicted octanol–water partition coefficient (Wildman–Crippen LogP) is 2.71. The van der Waals surface area contributed by atoms with Gasteiger partial charge in [0, 0.05) is 18.3 Å². The Balaban J connectivity index is 1.81. The van der Waals surface area contributed by atoms with Gasteiger partial charge in [-0.05, 0) is 30.4 Å². The van der Waals surface area contributed by atoms with Crippen molar-refractivity contribution in [3.63, 3.8) is 0 Å². The Labute approximate surface area is 133 Å². The zero-order valence-corrected chi connectivity index (χ0v) is 12.7. The molecule has 2 N–H and O–H groups in total. The first kappa shape index (κ1) is 14.2. The van der Waals surface area contributed by atoms with E-state index in [4.69, 9.17) is 17.6 Å². The van der Waals surface area contributed by atoms with Crippen LogP contribution in [-0.2, 0) is 0 Å². The fourth-order valence-corrected chi connectivity index (χ4v) is 2.51. The molecule has 0 spiro atoms. The van der Waals surface area contributed by atoms with E-state index in [1.54, 1.807) is 25.2 Å². The van der Waals surface area contributed by atoms with Crippen LogP contribution in [0.3, 0.4) is 0 Å². The summed E-state index contributed by atoms with van der Waals surface area (Å²) in [6.07, 6.45) is 0. The number of anilines is 1. The van der Waals surface area contributed by atoms with E-state index in [9.17, 15) is 4.79 Å². The minimum atomic E-state index is -0.250. The van der Waals surface area contributed by atoms with E-state index in [2.05, 4.69) is 5.32 Å². The third-order valence-corrected chi connectivity index (χ3v) is 3.80. The third-order valence-electron chi connectivity index (χ3n) is 3.44. The summed E-state index contributed by atoms with van der Waals surface area (Å²) in [5, 5.41) is 14.3. The summed E-state index contributed by atoms with van der Waals surface area (Å²) in [6, 6.07) is 16.5. The second-order valence-corrected chi connectivity index (χ2v) is 5.22. The van der Waals surface area contributed by atoms with Crippen LogP contribution in [0.15, 0.2) is 54.6 Å². The Morgan fingerprint density at radius 3 is 2.32 bits per heavy atom. The summed E-state index contributed by atoms with van der Waals surface area (Å²) in [7, 11) is 1.66. The first-order valence-electron chi connectivity index (χ1n) is 6.71. The molecule has 0 saturated heterocycles. The highest BCUT2D eigenvalue weighted by atomic mass is 32.1. The number of carbonyl (C=O) groups is 1. The van der Waals surface area contributed by atoms with Crippen LogP contribution >= 0.6 is 12.2 Å². The van der Waals surface area contributed by atoms with Crippen molar-refractivity contribution in [2.45, 2.75) is 0 Å². The molecule has 5 nitrogen and oxygen atoms in total. The first-order chi connectivity index (χ1) is 10.6. The molecule has 0 aromatic heterocycles. The van der Waals surface area contributed by atoms with Gasteiger partial charge in [-0.25, -0.2) is 0 Å². The average molecular weight is 310 g/mol. The molecule has 0 radical (unpaired) electrons. The van der Waals surface area contributed by atoms with Gasteiger partial charge in [-0.2, -0.15) is 5.01 Å². The fraction of sp³-hybridized carbons (Fsp3) is 0.0625. The summed E-state index contributed by atoms with van der Waals surface area (Å²) < 4.78 is 0. The van der Waals surface area contributed by atoms with Crippen molar-refractivity contribution >= 4 is 34.8 Å². The lowest BCUT2D eigenvalue weighted by atomic mass is 10.1. The summed E-state index contributed by atoms with van der Waals surface area (Å²) in [6.45, 7) is 0. The van der Waals surface area contributed by atoms with Crippen LogP contribution in [0.5, 0.6) is 0 Å². The fourth-order valence-electron chi connectivity index (χ4n) is 2.31. The monoisotopic (exact) mass is 310 g/mol. The van der Waals surface area contributed by atoms with Gasteiger partial charge in [-0.3, -0.25) is 15.2 Å². The van der Waals surface area contributed by atoms with Crippen molar-refractivity contribution < 1.29 is 4.79 Å². The number of carbonyl (C=O) groups excluding carboxylic acids is 1. The molecular formula is C16H14N4OS. The van der Waals surface area contributed by atoms with Gasteiger partial charge in [-0.15, -0.1) is 0 Å². The molecule has 1 aliphatic heterocycles. The van der Waals surface area contributed by atoms with Gasteiger partial charge in [0.15, 0.2) is 10.9 Å². The number of hydrazine groups is 1. The van der Waals surface area contributed by atoms with Gasteiger partial charge in [0.2, 0.25) is 0 Å². The molecule has 6 heteroatoms. The van der Waals surface area contributed by atoms with Crippen molar-refractivity contribution in [1.82, 2.24) is 10.0 Å². The molecule has 1 aliphatic rings. The van der Waals surface area contributed by atoms with E-state index in [0.717, 1.165) is 5.69 Å². The molecule has 1 heterocycles. The number of rotatable bonds is 2. The van der Waals surface area contributed by atoms with Crippen molar-refractivity contribution in [1.29, 1.82) is 5.41 Å². The summed E-state index contributed by atoms with van der Waals surface area (Å²) >= 11 is 5.34. The minimum absolute atomic E-state index is 0.125. The molecule has 3 rings (SSSR count). The number of benzene rings is 2. The zero-order valence-electron chi connectivity index (χ0n) is 11.9. The minimum Gasteiger partial charge on any atom is -0.331 e. The van der Waals surface area contributed by atoms with E-state index < -0.39 is 0 Å². The smallest absolute Gasteiger partial charge is 0.279 e. The van der Waals surface area contributed by atoms with E-state index in [0.29, 0.717) is 16.2 Å². The van der Waals surface area contributed by atoms with Gasteiger partial charge in [0.1, 0.15) is 0 Å². The zero-order chi connectivity index (χ0) is 15.7. The van der Waals surface area contributed by atoms with Gasteiger partial charge in [0.25, 0.3) is 5.91 Å². The van der Waals surface area contributed by atoms with Crippen LogP contribution in [0, 0.1) is 5.41 Å². The maximum Gasteiger partial charge on any atom is 0.279 e. The number of hydrogen-bond donors (Lipinski definition) is 2. The normalized spacial score (nSPS) is 13.0. The highest BCUT2D eigenvalue weighted by Gasteiger charge is 2.36. The van der Waals surface area contributed by atoms with Crippen molar-refractivity contribution in [3.8, 4) is 0 Å². The number of thiocarbonyl (C=S) groups is 1. The Morgan fingerprint density at radius 2 is 1.68 bits per heavy atom. The lowest BCUT2D eigenvalue weighted by molar-refractivity contribution is 0.0667. The highest BCUT2D eigenvalue weighted by molar-refractivity contribution is 7.80. The number of amides is 1. The topological polar surface area (TPSA) is 59.4 Å². The summed E-state index contributed by atoms with van der Waals surface area (Å²) in [5.74, 6) is -0.124. The number of para-hydroxylation sites is 1. The molecular weight excluding hydrogens is 296 g/mol.